The molecule has 1 aliphatic heterocycles. The molecule has 1 saturated heterocycles. The van der Waals surface area contributed by atoms with Gasteiger partial charge in [0.1, 0.15) is 0 Å². The van der Waals surface area contributed by atoms with E-state index >= 15 is 0 Å². The summed E-state index contributed by atoms with van der Waals surface area (Å²) < 4.78 is 26.0. The zero-order valence-electron chi connectivity index (χ0n) is 11.6. The van der Waals surface area contributed by atoms with E-state index in [9.17, 15) is 8.42 Å². The molecule has 0 spiro atoms. The van der Waals surface area contributed by atoms with Crippen molar-refractivity contribution in [2.75, 3.05) is 25.4 Å². The molecule has 0 saturated carbocycles. The molecule has 18 heavy (non-hydrogen) atoms. The Morgan fingerprint density at radius 3 is 2.67 bits per heavy atom. The minimum atomic E-state index is -3.04. The average molecular weight is 276 g/mol. The van der Waals surface area contributed by atoms with Crippen LogP contribution in [0, 0.1) is 5.92 Å². The summed E-state index contributed by atoms with van der Waals surface area (Å²) in [5.74, 6) is 0.988. The van der Waals surface area contributed by atoms with Crippen LogP contribution in [0.1, 0.15) is 51.9 Å². The van der Waals surface area contributed by atoms with Crippen molar-refractivity contribution < 1.29 is 8.42 Å². The summed E-state index contributed by atoms with van der Waals surface area (Å²) in [6, 6.07) is 0. The van der Waals surface area contributed by atoms with Crippen LogP contribution in [-0.2, 0) is 10.0 Å². The summed E-state index contributed by atoms with van der Waals surface area (Å²) in [7, 11) is -3.04. The molecule has 0 aromatic carbocycles. The third kappa shape index (κ3) is 5.24. The molecule has 0 amide bonds. The van der Waals surface area contributed by atoms with Crippen LogP contribution in [-0.4, -0.2) is 38.1 Å². The molecule has 1 heterocycles. The molecule has 1 rings (SSSR count). The maximum Gasteiger partial charge on any atom is 0.214 e. The third-order valence-electron chi connectivity index (χ3n) is 3.75. The van der Waals surface area contributed by atoms with E-state index < -0.39 is 10.0 Å². The smallest absolute Gasteiger partial charge is 0.214 e. The van der Waals surface area contributed by atoms with Crippen LogP contribution >= 0.6 is 0 Å². The van der Waals surface area contributed by atoms with Gasteiger partial charge < -0.3 is 5.73 Å². The first kappa shape index (κ1) is 15.9. The normalized spacial score (nSPS) is 22.9. The van der Waals surface area contributed by atoms with E-state index in [1.54, 1.807) is 4.31 Å². The molecule has 1 atom stereocenters. The van der Waals surface area contributed by atoms with Gasteiger partial charge in [0, 0.05) is 13.1 Å². The quantitative estimate of drug-likeness (QED) is 0.723. The van der Waals surface area contributed by atoms with Crippen LogP contribution in [0.5, 0.6) is 0 Å². The molecule has 0 aromatic heterocycles. The van der Waals surface area contributed by atoms with Crippen molar-refractivity contribution in [1.82, 2.24) is 4.31 Å². The summed E-state index contributed by atoms with van der Waals surface area (Å²) in [4.78, 5) is 0. The highest BCUT2D eigenvalue weighted by molar-refractivity contribution is 7.89. The number of unbranched alkanes of at least 4 members (excludes halogenated alkanes) is 1. The summed E-state index contributed by atoms with van der Waals surface area (Å²) in [5, 5.41) is 0. The lowest BCUT2D eigenvalue weighted by Crippen LogP contribution is -2.34. The van der Waals surface area contributed by atoms with Crippen LogP contribution in [0.3, 0.4) is 0 Å². The van der Waals surface area contributed by atoms with Crippen molar-refractivity contribution in [2.45, 2.75) is 51.9 Å². The highest BCUT2D eigenvalue weighted by Crippen LogP contribution is 2.23. The number of nitrogens with two attached hydrogens (primary N) is 1. The Morgan fingerprint density at radius 1 is 1.22 bits per heavy atom. The fourth-order valence-corrected chi connectivity index (χ4v) is 4.29. The van der Waals surface area contributed by atoms with Gasteiger partial charge in [0.2, 0.25) is 10.0 Å². The Morgan fingerprint density at radius 2 is 2.00 bits per heavy atom. The largest absolute Gasteiger partial charge is 0.330 e. The predicted octanol–water partition coefficient (Wildman–Crippen LogP) is 1.96. The molecule has 0 radical (unpaired) electrons. The van der Waals surface area contributed by atoms with Crippen LogP contribution in [0.15, 0.2) is 0 Å². The number of nitrogens with zero attached hydrogens (tertiary/aromatic N) is 1. The Labute approximate surface area is 112 Å². The van der Waals surface area contributed by atoms with E-state index in [0.717, 1.165) is 31.7 Å². The molecule has 1 fully saturated rings. The van der Waals surface area contributed by atoms with E-state index in [2.05, 4.69) is 6.92 Å². The van der Waals surface area contributed by atoms with E-state index in [0.29, 0.717) is 19.5 Å². The zero-order chi connectivity index (χ0) is 13.4. The molecule has 1 aliphatic rings. The minimum Gasteiger partial charge on any atom is -0.330 e. The maximum absolute atomic E-state index is 12.2. The number of rotatable bonds is 7. The zero-order valence-corrected chi connectivity index (χ0v) is 12.4. The molecule has 0 aliphatic carbocycles. The van der Waals surface area contributed by atoms with Gasteiger partial charge in [0.25, 0.3) is 0 Å². The standard InChI is InChI=1S/C13H28N2O2S/c1-2-6-13-7-5-10-15(11-8-13)18(16,17)12-4-3-9-14/h13H,2-12,14H2,1H3. The molecule has 4 nitrogen and oxygen atoms in total. The first-order chi connectivity index (χ1) is 8.60. The van der Waals surface area contributed by atoms with Gasteiger partial charge in [-0.15, -0.1) is 0 Å². The lowest BCUT2D eigenvalue weighted by Gasteiger charge is -2.20. The average Bonchev–Trinajstić information content (AvgIpc) is 2.56. The Kier molecular flexibility index (Phi) is 7.19. The van der Waals surface area contributed by atoms with Gasteiger partial charge in [-0.25, -0.2) is 12.7 Å². The summed E-state index contributed by atoms with van der Waals surface area (Å²) in [6.07, 6.45) is 7.15. The molecule has 5 heteroatoms. The fraction of sp³-hybridized carbons (Fsp3) is 1.00. The van der Waals surface area contributed by atoms with Crippen molar-refractivity contribution in [2.24, 2.45) is 11.7 Å². The van der Waals surface area contributed by atoms with Gasteiger partial charge >= 0.3 is 0 Å². The van der Waals surface area contributed by atoms with Crippen LogP contribution in [0.2, 0.25) is 0 Å². The van der Waals surface area contributed by atoms with Crippen LogP contribution < -0.4 is 5.73 Å². The Bertz CT molecular complexity index is 317. The second-order valence-electron chi connectivity index (χ2n) is 5.30. The molecule has 1 unspecified atom stereocenters. The van der Waals surface area contributed by atoms with Gasteiger partial charge in [0.05, 0.1) is 5.75 Å². The molecular formula is C13H28N2O2S. The molecule has 108 valence electrons. The molecule has 0 bridgehead atoms. The van der Waals surface area contributed by atoms with Crippen molar-refractivity contribution in [1.29, 1.82) is 0 Å². The predicted molar refractivity (Wildman–Crippen MR) is 75.9 cm³/mol. The number of hydrogen-bond donors (Lipinski definition) is 1. The van der Waals surface area contributed by atoms with E-state index in [4.69, 9.17) is 5.73 Å². The lowest BCUT2D eigenvalue weighted by atomic mass is 9.96. The summed E-state index contributed by atoms with van der Waals surface area (Å²) in [5.41, 5.74) is 5.40. The van der Waals surface area contributed by atoms with E-state index in [1.165, 1.54) is 19.3 Å². The molecular weight excluding hydrogens is 248 g/mol. The first-order valence-electron chi connectivity index (χ1n) is 7.28. The Hall–Kier alpha value is -0.130. The van der Waals surface area contributed by atoms with Gasteiger partial charge in [0.15, 0.2) is 0 Å². The van der Waals surface area contributed by atoms with Crippen molar-refractivity contribution in [3.8, 4) is 0 Å². The van der Waals surface area contributed by atoms with E-state index in [-0.39, 0.29) is 5.75 Å². The van der Waals surface area contributed by atoms with Crippen molar-refractivity contribution in [3.05, 3.63) is 0 Å². The molecule has 2 N–H and O–H groups in total. The van der Waals surface area contributed by atoms with Gasteiger partial charge in [-0.2, -0.15) is 0 Å². The monoisotopic (exact) mass is 276 g/mol. The Balaban J connectivity index is 2.45. The highest BCUT2D eigenvalue weighted by Gasteiger charge is 2.25. The molecule has 0 aromatic rings. The van der Waals surface area contributed by atoms with Gasteiger partial charge in [-0.3, -0.25) is 0 Å². The summed E-state index contributed by atoms with van der Waals surface area (Å²) in [6.45, 7) is 4.21. The number of sulfonamides is 1. The minimum absolute atomic E-state index is 0.267. The number of hydrogen-bond acceptors (Lipinski definition) is 3. The highest BCUT2D eigenvalue weighted by atomic mass is 32.2. The van der Waals surface area contributed by atoms with Crippen molar-refractivity contribution >= 4 is 10.0 Å². The lowest BCUT2D eigenvalue weighted by molar-refractivity contribution is 0.399. The summed E-state index contributed by atoms with van der Waals surface area (Å²) >= 11 is 0. The van der Waals surface area contributed by atoms with Gasteiger partial charge in [-0.1, -0.05) is 19.8 Å². The topological polar surface area (TPSA) is 63.4 Å². The van der Waals surface area contributed by atoms with E-state index in [1.807, 2.05) is 0 Å². The van der Waals surface area contributed by atoms with Crippen molar-refractivity contribution in [3.63, 3.8) is 0 Å². The fourth-order valence-electron chi connectivity index (χ4n) is 2.67. The second-order valence-corrected chi connectivity index (χ2v) is 7.38. The second kappa shape index (κ2) is 8.12. The van der Waals surface area contributed by atoms with Gasteiger partial charge in [-0.05, 0) is 44.6 Å². The third-order valence-corrected chi connectivity index (χ3v) is 5.71. The maximum atomic E-state index is 12.2. The van der Waals surface area contributed by atoms with Crippen LogP contribution in [0.4, 0.5) is 0 Å². The first-order valence-corrected chi connectivity index (χ1v) is 8.89. The SMILES string of the molecule is CCCC1CCCN(S(=O)(=O)CCCCN)CC1. The van der Waals surface area contributed by atoms with Crippen LogP contribution in [0.25, 0.3) is 0 Å².